The van der Waals surface area contributed by atoms with Gasteiger partial charge < -0.3 is 10.1 Å². The van der Waals surface area contributed by atoms with Gasteiger partial charge in [0.05, 0.1) is 17.0 Å². The second-order valence-electron chi connectivity index (χ2n) is 4.10. The van der Waals surface area contributed by atoms with Gasteiger partial charge in [0.2, 0.25) is 0 Å². The molecule has 16 heavy (non-hydrogen) atoms. The number of para-hydroxylation sites is 1. The van der Waals surface area contributed by atoms with Crippen molar-refractivity contribution in [3.63, 3.8) is 0 Å². The number of hydrogen-bond acceptors (Lipinski definition) is 2. The molecule has 2 rings (SSSR count). The van der Waals surface area contributed by atoms with Crippen LogP contribution in [0.25, 0.3) is 11.0 Å². The lowest BCUT2D eigenvalue weighted by atomic mass is 10.1. The van der Waals surface area contributed by atoms with Crippen LogP contribution < -0.4 is 0 Å². The van der Waals surface area contributed by atoms with E-state index >= 15 is 0 Å². The number of fused-ring (bicyclic) bond motifs is 1. The van der Waals surface area contributed by atoms with Crippen molar-refractivity contribution in [3.8, 4) is 0 Å². The number of nitrogens with one attached hydrogen (secondary N) is 1. The minimum Gasteiger partial charge on any atom is -0.481 e. The van der Waals surface area contributed by atoms with Gasteiger partial charge in [0.25, 0.3) is 0 Å². The van der Waals surface area contributed by atoms with Gasteiger partial charge in [-0.25, -0.2) is 4.98 Å². The summed E-state index contributed by atoms with van der Waals surface area (Å²) in [7, 11) is 0. The fraction of sp³-hybridized carbons (Fsp3) is 0.333. The molecule has 0 amide bonds. The zero-order valence-electron chi connectivity index (χ0n) is 9.32. The van der Waals surface area contributed by atoms with Crippen molar-refractivity contribution in [2.24, 2.45) is 5.92 Å². The number of nitrogens with zero attached hydrogens (tertiary/aromatic N) is 1. The van der Waals surface area contributed by atoms with E-state index in [1.807, 2.05) is 25.1 Å². The zero-order valence-corrected chi connectivity index (χ0v) is 9.32. The van der Waals surface area contributed by atoms with Crippen LogP contribution in [0, 0.1) is 12.8 Å². The molecule has 4 nitrogen and oxygen atoms in total. The molecule has 0 fully saturated rings. The average molecular weight is 218 g/mol. The topological polar surface area (TPSA) is 66.0 Å². The Morgan fingerprint density at radius 2 is 2.31 bits per heavy atom. The van der Waals surface area contributed by atoms with Crippen LogP contribution in [0.2, 0.25) is 0 Å². The quantitative estimate of drug-likeness (QED) is 0.829. The Bertz CT molecular complexity index is 531. The van der Waals surface area contributed by atoms with Crippen LogP contribution in [0.4, 0.5) is 0 Å². The van der Waals surface area contributed by atoms with Crippen LogP contribution in [-0.4, -0.2) is 21.0 Å². The number of aryl methyl sites for hydroxylation is 1. The molecule has 0 radical (unpaired) electrons. The molecular weight excluding hydrogens is 204 g/mol. The second kappa shape index (κ2) is 3.96. The molecule has 2 aromatic rings. The molecular formula is C12H14N2O2. The molecule has 0 bridgehead atoms. The maximum atomic E-state index is 10.7. The van der Waals surface area contributed by atoms with Gasteiger partial charge in [-0.3, -0.25) is 4.79 Å². The van der Waals surface area contributed by atoms with Gasteiger partial charge in [-0.2, -0.15) is 0 Å². The highest BCUT2D eigenvalue weighted by molar-refractivity contribution is 5.78. The molecule has 1 unspecified atom stereocenters. The minimum atomic E-state index is -0.794. The summed E-state index contributed by atoms with van der Waals surface area (Å²) < 4.78 is 0. The normalized spacial score (nSPS) is 12.9. The highest BCUT2D eigenvalue weighted by Crippen LogP contribution is 2.17. The first-order valence-electron chi connectivity index (χ1n) is 5.25. The van der Waals surface area contributed by atoms with Crippen molar-refractivity contribution < 1.29 is 9.90 Å². The number of rotatable bonds is 3. The molecule has 1 heterocycles. The van der Waals surface area contributed by atoms with Crippen molar-refractivity contribution in [3.05, 3.63) is 29.6 Å². The Morgan fingerprint density at radius 3 is 2.94 bits per heavy atom. The lowest BCUT2D eigenvalue weighted by Crippen LogP contribution is -2.12. The predicted molar refractivity (Wildman–Crippen MR) is 61.3 cm³/mol. The van der Waals surface area contributed by atoms with Crippen molar-refractivity contribution in [2.75, 3.05) is 0 Å². The minimum absolute atomic E-state index is 0.416. The van der Waals surface area contributed by atoms with E-state index in [1.54, 1.807) is 6.92 Å². The van der Waals surface area contributed by atoms with Crippen molar-refractivity contribution in [1.82, 2.24) is 9.97 Å². The molecule has 0 aliphatic carbocycles. The van der Waals surface area contributed by atoms with E-state index in [9.17, 15) is 4.79 Å². The molecule has 0 saturated carbocycles. The van der Waals surface area contributed by atoms with Crippen molar-refractivity contribution in [1.29, 1.82) is 0 Å². The van der Waals surface area contributed by atoms with Crippen LogP contribution in [-0.2, 0) is 11.2 Å². The van der Waals surface area contributed by atoms with Crippen LogP contribution in [0.1, 0.15) is 18.3 Å². The number of carbonyl (C=O) groups is 1. The van der Waals surface area contributed by atoms with Crippen LogP contribution in [0.3, 0.4) is 0 Å². The van der Waals surface area contributed by atoms with Gasteiger partial charge in [0.15, 0.2) is 0 Å². The largest absolute Gasteiger partial charge is 0.481 e. The monoisotopic (exact) mass is 218 g/mol. The summed E-state index contributed by atoms with van der Waals surface area (Å²) in [5, 5.41) is 8.83. The number of carboxylic acids is 1. The Labute approximate surface area is 93.3 Å². The fourth-order valence-electron chi connectivity index (χ4n) is 1.70. The number of hydrogen-bond donors (Lipinski definition) is 2. The fourth-order valence-corrected chi connectivity index (χ4v) is 1.70. The van der Waals surface area contributed by atoms with E-state index in [0.29, 0.717) is 6.42 Å². The van der Waals surface area contributed by atoms with Crippen LogP contribution >= 0.6 is 0 Å². The molecule has 4 heteroatoms. The SMILES string of the molecule is Cc1cccc2[nH]c(CC(C)C(=O)O)nc12. The number of aromatic nitrogens is 2. The Kier molecular flexibility index (Phi) is 2.64. The van der Waals surface area contributed by atoms with Crippen molar-refractivity contribution >= 4 is 17.0 Å². The van der Waals surface area contributed by atoms with Crippen LogP contribution in [0.15, 0.2) is 18.2 Å². The predicted octanol–water partition coefficient (Wildman–Crippen LogP) is 2.13. The Balaban J connectivity index is 2.33. The highest BCUT2D eigenvalue weighted by Gasteiger charge is 2.14. The third-order valence-electron chi connectivity index (χ3n) is 2.68. The summed E-state index contributed by atoms with van der Waals surface area (Å²) in [6, 6.07) is 5.90. The number of aliphatic carboxylic acids is 1. The first-order valence-corrected chi connectivity index (χ1v) is 5.25. The number of aromatic amines is 1. The molecule has 84 valence electrons. The van der Waals surface area contributed by atoms with Gasteiger partial charge in [-0.05, 0) is 18.6 Å². The molecule has 1 aromatic heterocycles. The summed E-state index contributed by atoms with van der Waals surface area (Å²) in [5.41, 5.74) is 2.99. The summed E-state index contributed by atoms with van der Waals surface area (Å²) in [6.45, 7) is 3.68. The summed E-state index contributed by atoms with van der Waals surface area (Å²) in [4.78, 5) is 18.3. The van der Waals surface area contributed by atoms with Crippen molar-refractivity contribution in [2.45, 2.75) is 20.3 Å². The van der Waals surface area contributed by atoms with Gasteiger partial charge in [0, 0.05) is 6.42 Å². The highest BCUT2D eigenvalue weighted by atomic mass is 16.4. The molecule has 0 aliphatic rings. The number of carboxylic acid groups (broad SMARTS) is 1. The average Bonchev–Trinajstić information content (AvgIpc) is 2.61. The molecule has 2 N–H and O–H groups in total. The van der Waals surface area contributed by atoms with E-state index < -0.39 is 11.9 Å². The van der Waals surface area contributed by atoms with Crippen LogP contribution in [0.5, 0.6) is 0 Å². The third-order valence-corrected chi connectivity index (χ3v) is 2.68. The third kappa shape index (κ3) is 1.91. The van der Waals surface area contributed by atoms with E-state index in [0.717, 1.165) is 22.4 Å². The van der Waals surface area contributed by atoms with E-state index in [-0.39, 0.29) is 0 Å². The first-order chi connectivity index (χ1) is 7.58. The molecule has 1 atom stereocenters. The summed E-state index contributed by atoms with van der Waals surface area (Å²) in [5.74, 6) is -0.475. The number of H-pyrrole nitrogens is 1. The maximum Gasteiger partial charge on any atom is 0.306 e. The smallest absolute Gasteiger partial charge is 0.306 e. The van der Waals surface area contributed by atoms with E-state index in [4.69, 9.17) is 5.11 Å². The first kappa shape index (κ1) is 10.7. The Hall–Kier alpha value is -1.84. The number of benzene rings is 1. The van der Waals surface area contributed by atoms with Gasteiger partial charge in [-0.15, -0.1) is 0 Å². The second-order valence-corrected chi connectivity index (χ2v) is 4.10. The molecule has 0 aliphatic heterocycles. The van der Waals surface area contributed by atoms with Gasteiger partial charge in [-0.1, -0.05) is 19.1 Å². The summed E-state index contributed by atoms with van der Waals surface area (Å²) >= 11 is 0. The van der Waals surface area contributed by atoms with E-state index in [1.165, 1.54) is 0 Å². The van der Waals surface area contributed by atoms with Gasteiger partial charge in [0.1, 0.15) is 5.82 Å². The lowest BCUT2D eigenvalue weighted by molar-refractivity contribution is -0.141. The van der Waals surface area contributed by atoms with Gasteiger partial charge >= 0.3 is 5.97 Å². The molecule has 0 saturated heterocycles. The lowest BCUT2D eigenvalue weighted by Gasteiger charge is -2.01. The maximum absolute atomic E-state index is 10.7. The molecule has 1 aromatic carbocycles. The zero-order chi connectivity index (χ0) is 11.7. The number of imidazole rings is 1. The Morgan fingerprint density at radius 1 is 1.56 bits per heavy atom. The van der Waals surface area contributed by atoms with E-state index in [2.05, 4.69) is 9.97 Å². The standard InChI is InChI=1S/C12H14N2O2/c1-7-4-3-5-9-11(7)14-10(13-9)6-8(2)12(15)16/h3-5,8H,6H2,1-2H3,(H,13,14)(H,15,16). The molecule has 0 spiro atoms. The summed E-state index contributed by atoms with van der Waals surface area (Å²) in [6.07, 6.45) is 0.434.